The van der Waals surface area contributed by atoms with Gasteiger partial charge in [0.2, 0.25) is 0 Å². The molecule has 0 aliphatic heterocycles. The van der Waals surface area contributed by atoms with Crippen LogP contribution < -0.4 is 9.47 Å². The molecule has 0 amide bonds. The molecule has 0 unspecified atom stereocenters. The average Bonchev–Trinajstić information content (AvgIpc) is 2.55. The van der Waals surface area contributed by atoms with E-state index in [9.17, 15) is 14.9 Å². The number of ether oxygens (including phenoxy) is 2. The summed E-state index contributed by atoms with van der Waals surface area (Å²) in [5.74, 6) is -1.15. The van der Waals surface area contributed by atoms with Crippen LogP contribution in [0.3, 0.4) is 0 Å². The van der Waals surface area contributed by atoms with Gasteiger partial charge in [-0.15, -0.1) is 0 Å². The van der Waals surface area contributed by atoms with Crippen LogP contribution in [0.4, 0.5) is 5.69 Å². The fourth-order valence-electron chi connectivity index (χ4n) is 1.63. The average molecular weight is 412 g/mol. The third kappa shape index (κ3) is 3.64. The molecule has 7 nitrogen and oxygen atoms in total. The Hall–Kier alpha value is -1.80. The van der Waals surface area contributed by atoms with Gasteiger partial charge in [-0.2, -0.15) is 0 Å². The Kier molecular flexibility index (Phi) is 5.71. The van der Waals surface area contributed by atoms with E-state index in [4.69, 9.17) is 55.9 Å². The summed E-state index contributed by atoms with van der Waals surface area (Å²) in [6.07, 6.45) is 0. The molecule has 1 aromatic carbocycles. The summed E-state index contributed by atoms with van der Waals surface area (Å²) in [5, 5.41) is 10.0. The first-order chi connectivity index (χ1) is 11.3. The summed E-state index contributed by atoms with van der Waals surface area (Å²) in [4.78, 5) is 26.1. The molecular weight excluding hydrogens is 406 g/mol. The number of non-ortho nitro benzene ring substituents is 1. The van der Waals surface area contributed by atoms with Crippen molar-refractivity contribution in [2.45, 2.75) is 0 Å². The first-order valence-electron chi connectivity index (χ1n) is 6.00. The van der Waals surface area contributed by atoms with Gasteiger partial charge in [-0.1, -0.05) is 46.4 Å². The maximum Gasteiger partial charge on any atom is 0.364 e. The van der Waals surface area contributed by atoms with E-state index in [1.165, 1.54) is 19.2 Å². The highest BCUT2D eigenvalue weighted by Crippen LogP contribution is 2.37. The molecule has 0 atom stereocenters. The number of rotatable bonds is 4. The molecular formula is C13H6Cl4N2O5. The lowest BCUT2D eigenvalue weighted by Crippen LogP contribution is -2.13. The second-order valence-corrected chi connectivity index (χ2v) is 5.67. The lowest BCUT2D eigenvalue weighted by molar-refractivity contribution is -0.384. The van der Waals surface area contributed by atoms with Crippen LogP contribution in [0.15, 0.2) is 18.2 Å². The molecule has 0 spiro atoms. The highest BCUT2D eigenvalue weighted by molar-refractivity contribution is 6.52. The number of methoxy groups -OCH3 is 1. The Morgan fingerprint density at radius 2 is 1.79 bits per heavy atom. The van der Waals surface area contributed by atoms with Crippen LogP contribution in [0, 0.1) is 10.1 Å². The molecule has 2 rings (SSSR count). The number of pyridine rings is 1. The van der Waals surface area contributed by atoms with Crippen molar-refractivity contribution >= 4 is 58.1 Å². The number of hydrogen-bond acceptors (Lipinski definition) is 6. The van der Waals surface area contributed by atoms with Gasteiger partial charge >= 0.3 is 5.97 Å². The van der Waals surface area contributed by atoms with Crippen molar-refractivity contribution in [1.82, 2.24) is 4.98 Å². The number of aromatic nitrogens is 1. The van der Waals surface area contributed by atoms with Gasteiger partial charge in [-0.05, 0) is 6.07 Å². The molecule has 0 aliphatic carbocycles. The lowest BCUT2D eigenvalue weighted by atomic mass is 10.3. The Bertz CT molecular complexity index is 844. The largest absolute Gasteiger partial charge is 0.493 e. The number of esters is 1. The topological polar surface area (TPSA) is 91.6 Å². The van der Waals surface area contributed by atoms with E-state index < -0.39 is 16.6 Å². The molecule has 24 heavy (non-hydrogen) atoms. The third-order valence-electron chi connectivity index (χ3n) is 2.74. The van der Waals surface area contributed by atoms with Crippen molar-refractivity contribution in [3.05, 3.63) is 54.2 Å². The summed E-state index contributed by atoms with van der Waals surface area (Å²) in [6, 6.07) is 3.48. The first kappa shape index (κ1) is 18.5. The smallest absolute Gasteiger partial charge is 0.364 e. The molecule has 0 aliphatic rings. The molecule has 0 fully saturated rings. The highest BCUT2D eigenvalue weighted by atomic mass is 35.5. The third-order valence-corrected chi connectivity index (χ3v) is 4.42. The van der Waals surface area contributed by atoms with Gasteiger partial charge in [0.15, 0.2) is 17.2 Å². The van der Waals surface area contributed by atoms with Crippen LogP contribution in [-0.2, 0) is 0 Å². The van der Waals surface area contributed by atoms with Crippen LogP contribution in [0.2, 0.25) is 20.2 Å². The summed E-state index contributed by atoms with van der Waals surface area (Å²) in [5.41, 5.74) is -0.700. The molecule has 0 saturated heterocycles. The van der Waals surface area contributed by atoms with E-state index in [1.54, 1.807) is 0 Å². The minimum atomic E-state index is -1.04. The van der Waals surface area contributed by atoms with Gasteiger partial charge in [-0.3, -0.25) is 10.1 Å². The SMILES string of the molecule is COc1ccc([N+](=O)[O-])cc1OC(=O)c1nc(Cl)c(Cl)c(Cl)c1Cl. The molecule has 0 N–H and O–H groups in total. The van der Waals surface area contributed by atoms with E-state index in [-0.39, 0.29) is 37.4 Å². The minimum Gasteiger partial charge on any atom is -0.493 e. The van der Waals surface area contributed by atoms with Crippen LogP contribution in [0.5, 0.6) is 11.5 Å². The van der Waals surface area contributed by atoms with E-state index in [1.807, 2.05) is 0 Å². The summed E-state index contributed by atoms with van der Waals surface area (Å²) < 4.78 is 10.1. The van der Waals surface area contributed by atoms with Gasteiger partial charge < -0.3 is 9.47 Å². The maximum absolute atomic E-state index is 12.2. The fourth-order valence-corrected chi connectivity index (χ4v) is 2.43. The molecule has 0 bridgehead atoms. The van der Waals surface area contributed by atoms with Crippen molar-refractivity contribution in [3.63, 3.8) is 0 Å². The number of hydrogen-bond donors (Lipinski definition) is 0. The van der Waals surface area contributed by atoms with Crippen molar-refractivity contribution in [2.75, 3.05) is 7.11 Å². The van der Waals surface area contributed by atoms with Gasteiger partial charge in [-0.25, -0.2) is 9.78 Å². The molecule has 1 aromatic heterocycles. The van der Waals surface area contributed by atoms with Crippen molar-refractivity contribution in [3.8, 4) is 11.5 Å². The predicted octanol–water partition coefficient (Wildman–Crippen LogP) is 4.83. The quantitative estimate of drug-likeness (QED) is 0.235. The lowest BCUT2D eigenvalue weighted by Gasteiger charge is -2.10. The van der Waals surface area contributed by atoms with Crippen LogP contribution in [0.25, 0.3) is 0 Å². The summed E-state index contributed by atoms with van der Waals surface area (Å²) in [7, 11) is 1.31. The molecule has 1 heterocycles. The zero-order valence-corrected chi connectivity index (χ0v) is 14.7. The molecule has 2 aromatic rings. The molecule has 11 heteroatoms. The van der Waals surface area contributed by atoms with Gasteiger partial charge in [0.1, 0.15) is 5.15 Å². The van der Waals surface area contributed by atoms with Gasteiger partial charge in [0.05, 0.1) is 33.2 Å². The zero-order valence-electron chi connectivity index (χ0n) is 11.7. The Balaban J connectivity index is 2.44. The summed E-state index contributed by atoms with van der Waals surface area (Å²) >= 11 is 23.3. The molecule has 0 saturated carbocycles. The van der Waals surface area contributed by atoms with Gasteiger partial charge in [0, 0.05) is 6.07 Å². The van der Waals surface area contributed by atoms with Crippen molar-refractivity contribution < 1.29 is 19.2 Å². The van der Waals surface area contributed by atoms with E-state index in [0.29, 0.717) is 0 Å². The second-order valence-electron chi connectivity index (χ2n) is 4.17. The number of halogens is 4. The number of nitrogens with zero attached hydrogens (tertiary/aromatic N) is 2. The maximum atomic E-state index is 12.2. The number of nitro benzene ring substituents is 1. The van der Waals surface area contributed by atoms with Gasteiger partial charge in [0.25, 0.3) is 5.69 Å². The van der Waals surface area contributed by atoms with Crippen LogP contribution >= 0.6 is 46.4 Å². The molecule has 126 valence electrons. The van der Waals surface area contributed by atoms with E-state index in [2.05, 4.69) is 4.98 Å². The zero-order chi connectivity index (χ0) is 18.0. The van der Waals surface area contributed by atoms with E-state index >= 15 is 0 Å². The standard InChI is InChI=1S/C13H6Cl4N2O5/c1-23-6-3-2-5(19(21)22)4-7(6)24-13(20)11-9(15)8(14)10(16)12(17)18-11/h2-4H,1H3. The predicted molar refractivity (Wildman–Crippen MR) is 88.9 cm³/mol. The fraction of sp³-hybridized carbons (Fsp3) is 0.0769. The van der Waals surface area contributed by atoms with Crippen LogP contribution in [0.1, 0.15) is 10.5 Å². The Morgan fingerprint density at radius 1 is 1.12 bits per heavy atom. The Labute approximate surface area is 155 Å². The number of nitro groups is 1. The van der Waals surface area contributed by atoms with Crippen molar-refractivity contribution in [1.29, 1.82) is 0 Å². The normalized spacial score (nSPS) is 10.4. The molecule has 0 radical (unpaired) electrons. The number of carbonyl (C=O) groups is 1. The minimum absolute atomic E-state index is 0.0937. The number of carbonyl (C=O) groups excluding carboxylic acids is 1. The van der Waals surface area contributed by atoms with Crippen LogP contribution in [-0.4, -0.2) is 23.0 Å². The Morgan fingerprint density at radius 3 is 2.38 bits per heavy atom. The first-order valence-corrected chi connectivity index (χ1v) is 7.52. The monoisotopic (exact) mass is 410 g/mol. The summed E-state index contributed by atoms with van der Waals surface area (Å²) in [6.45, 7) is 0. The highest BCUT2D eigenvalue weighted by Gasteiger charge is 2.24. The van der Waals surface area contributed by atoms with Crippen molar-refractivity contribution in [2.24, 2.45) is 0 Å². The van der Waals surface area contributed by atoms with E-state index in [0.717, 1.165) is 6.07 Å². The number of benzene rings is 1. The second kappa shape index (κ2) is 7.40.